The lowest BCUT2D eigenvalue weighted by Crippen LogP contribution is -1.98. The second kappa shape index (κ2) is 4.06. The van der Waals surface area contributed by atoms with Gasteiger partial charge in [-0.2, -0.15) is 0 Å². The van der Waals surface area contributed by atoms with Crippen LogP contribution in [0.3, 0.4) is 0 Å². The molecule has 2 nitrogen and oxygen atoms in total. The molecule has 2 aromatic rings. The van der Waals surface area contributed by atoms with Gasteiger partial charge >= 0.3 is 0 Å². The molecule has 2 rings (SSSR count). The van der Waals surface area contributed by atoms with Gasteiger partial charge < -0.3 is 10.5 Å². The van der Waals surface area contributed by atoms with Gasteiger partial charge in [-0.1, -0.05) is 0 Å². The van der Waals surface area contributed by atoms with Crippen LogP contribution in [0.4, 0.5) is 8.78 Å². The molecule has 2 N–H and O–H groups in total. The molecule has 0 aliphatic carbocycles. The third-order valence-electron chi connectivity index (χ3n) is 2.46. The third kappa shape index (κ3) is 1.72. The highest BCUT2D eigenvalue weighted by Gasteiger charge is 2.10. The first-order valence-electron chi connectivity index (χ1n) is 4.81. The first-order chi connectivity index (χ1) is 7.65. The van der Waals surface area contributed by atoms with Gasteiger partial charge in [-0.3, -0.25) is 0 Å². The Morgan fingerprint density at radius 1 is 1.12 bits per heavy atom. The summed E-state index contributed by atoms with van der Waals surface area (Å²) < 4.78 is 31.7. The Morgan fingerprint density at radius 2 is 1.88 bits per heavy atom. The third-order valence-corrected chi connectivity index (χ3v) is 2.46. The predicted molar refractivity (Wildman–Crippen MR) is 58.3 cm³/mol. The van der Waals surface area contributed by atoms with Gasteiger partial charge in [-0.25, -0.2) is 8.78 Å². The van der Waals surface area contributed by atoms with Crippen molar-refractivity contribution in [3.8, 4) is 5.75 Å². The molecule has 0 atom stereocenters. The molecule has 0 amide bonds. The molecule has 0 saturated carbocycles. The Labute approximate surface area is 91.6 Å². The first-order valence-corrected chi connectivity index (χ1v) is 4.81. The number of rotatable bonds is 2. The number of nitrogens with two attached hydrogens (primary N) is 1. The Bertz CT molecular complexity index is 540. The lowest BCUT2D eigenvalue weighted by atomic mass is 10.0. The van der Waals surface area contributed by atoms with Crippen LogP contribution < -0.4 is 10.5 Å². The predicted octanol–water partition coefficient (Wildman–Crippen LogP) is 2.59. The van der Waals surface area contributed by atoms with Gasteiger partial charge in [0.05, 0.1) is 7.11 Å². The minimum atomic E-state index is -0.621. The summed E-state index contributed by atoms with van der Waals surface area (Å²) in [7, 11) is 1.46. The van der Waals surface area contributed by atoms with Crippen molar-refractivity contribution in [3.05, 3.63) is 41.5 Å². The van der Waals surface area contributed by atoms with E-state index in [1.54, 1.807) is 12.1 Å². The molecule has 0 aromatic heterocycles. The lowest BCUT2D eigenvalue weighted by Gasteiger charge is -2.09. The highest BCUT2D eigenvalue weighted by molar-refractivity contribution is 5.89. The van der Waals surface area contributed by atoms with Crippen molar-refractivity contribution in [1.82, 2.24) is 0 Å². The molecule has 0 heterocycles. The average molecular weight is 223 g/mol. The molecule has 2 aromatic carbocycles. The molecule has 0 spiro atoms. The lowest BCUT2D eigenvalue weighted by molar-refractivity contribution is 0.419. The van der Waals surface area contributed by atoms with E-state index in [0.717, 1.165) is 11.6 Å². The van der Waals surface area contributed by atoms with Crippen molar-refractivity contribution < 1.29 is 13.5 Å². The van der Waals surface area contributed by atoms with E-state index in [1.165, 1.54) is 13.2 Å². The summed E-state index contributed by atoms with van der Waals surface area (Å²) in [5.74, 6) is -0.802. The molecule has 0 aliphatic heterocycles. The SMILES string of the molecule is COc1cc(CN)cc2c(F)cc(F)cc12. The van der Waals surface area contributed by atoms with Crippen molar-refractivity contribution in [1.29, 1.82) is 0 Å². The Morgan fingerprint density at radius 3 is 2.50 bits per heavy atom. The summed E-state index contributed by atoms with van der Waals surface area (Å²) in [6.45, 7) is 0.281. The van der Waals surface area contributed by atoms with E-state index >= 15 is 0 Å². The molecule has 0 fully saturated rings. The number of hydrogen-bond acceptors (Lipinski definition) is 2. The van der Waals surface area contributed by atoms with Crippen LogP contribution in [0.5, 0.6) is 5.75 Å². The zero-order chi connectivity index (χ0) is 11.7. The second-order valence-corrected chi connectivity index (χ2v) is 3.48. The standard InChI is InChI=1S/C12H11F2NO/c1-16-12-3-7(6-15)2-9-10(12)4-8(13)5-11(9)14/h2-5H,6,15H2,1H3. The Hall–Kier alpha value is -1.68. The number of methoxy groups -OCH3 is 1. The molecule has 0 bridgehead atoms. The van der Waals surface area contributed by atoms with Gasteiger partial charge in [0.1, 0.15) is 17.4 Å². The average Bonchev–Trinajstić information content (AvgIpc) is 2.28. The van der Waals surface area contributed by atoms with Crippen molar-refractivity contribution >= 4 is 10.8 Å². The molecule has 0 radical (unpaired) electrons. The maximum Gasteiger partial charge on any atom is 0.134 e. The summed E-state index contributed by atoms with van der Waals surface area (Å²) in [6.07, 6.45) is 0. The zero-order valence-electron chi connectivity index (χ0n) is 8.76. The number of ether oxygens (including phenoxy) is 1. The summed E-state index contributed by atoms with van der Waals surface area (Å²) in [6, 6.07) is 5.38. The van der Waals surface area contributed by atoms with E-state index < -0.39 is 11.6 Å². The van der Waals surface area contributed by atoms with Crippen molar-refractivity contribution in [2.75, 3.05) is 7.11 Å². The summed E-state index contributed by atoms with van der Waals surface area (Å²) in [5, 5.41) is 0.735. The highest BCUT2D eigenvalue weighted by Crippen LogP contribution is 2.30. The molecule has 16 heavy (non-hydrogen) atoms. The molecular weight excluding hydrogens is 212 g/mol. The number of fused-ring (bicyclic) bond motifs is 1. The van der Waals surface area contributed by atoms with Gasteiger partial charge in [0, 0.05) is 23.4 Å². The van der Waals surface area contributed by atoms with E-state index in [1.807, 2.05) is 0 Å². The van der Waals surface area contributed by atoms with Gasteiger partial charge in [0.15, 0.2) is 0 Å². The van der Waals surface area contributed by atoms with E-state index in [4.69, 9.17) is 10.5 Å². The molecule has 0 aliphatic rings. The Kier molecular flexibility index (Phi) is 2.75. The van der Waals surface area contributed by atoms with E-state index in [-0.39, 0.29) is 6.54 Å². The van der Waals surface area contributed by atoms with Crippen LogP contribution in [-0.4, -0.2) is 7.11 Å². The van der Waals surface area contributed by atoms with E-state index in [0.29, 0.717) is 16.5 Å². The maximum absolute atomic E-state index is 13.5. The van der Waals surface area contributed by atoms with Gasteiger partial charge in [0.25, 0.3) is 0 Å². The van der Waals surface area contributed by atoms with Crippen LogP contribution in [0, 0.1) is 11.6 Å². The van der Waals surface area contributed by atoms with E-state index in [2.05, 4.69) is 0 Å². The normalized spacial score (nSPS) is 10.8. The van der Waals surface area contributed by atoms with Gasteiger partial charge in [-0.05, 0) is 23.8 Å². The zero-order valence-corrected chi connectivity index (χ0v) is 8.76. The van der Waals surface area contributed by atoms with Crippen LogP contribution in [0.2, 0.25) is 0 Å². The monoisotopic (exact) mass is 223 g/mol. The number of hydrogen-bond donors (Lipinski definition) is 1. The van der Waals surface area contributed by atoms with Crippen molar-refractivity contribution in [3.63, 3.8) is 0 Å². The quantitative estimate of drug-likeness (QED) is 0.849. The van der Waals surface area contributed by atoms with E-state index in [9.17, 15) is 8.78 Å². The fraction of sp³-hybridized carbons (Fsp3) is 0.167. The molecule has 84 valence electrons. The highest BCUT2D eigenvalue weighted by atomic mass is 19.1. The van der Waals surface area contributed by atoms with Crippen LogP contribution in [0.25, 0.3) is 10.8 Å². The smallest absolute Gasteiger partial charge is 0.134 e. The topological polar surface area (TPSA) is 35.2 Å². The first kappa shape index (κ1) is 10.8. The molecule has 4 heteroatoms. The van der Waals surface area contributed by atoms with Gasteiger partial charge in [-0.15, -0.1) is 0 Å². The number of benzene rings is 2. The largest absolute Gasteiger partial charge is 0.496 e. The fourth-order valence-corrected chi connectivity index (χ4v) is 1.70. The minimum absolute atomic E-state index is 0.281. The molecule has 0 saturated heterocycles. The summed E-state index contributed by atoms with van der Waals surface area (Å²) in [5.41, 5.74) is 6.24. The fourth-order valence-electron chi connectivity index (χ4n) is 1.70. The number of halogens is 2. The minimum Gasteiger partial charge on any atom is -0.496 e. The van der Waals surface area contributed by atoms with Crippen LogP contribution >= 0.6 is 0 Å². The molecular formula is C12H11F2NO. The summed E-state index contributed by atoms with van der Waals surface area (Å²) in [4.78, 5) is 0. The Balaban J connectivity index is 2.83. The van der Waals surface area contributed by atoms with Gasteiger partial charge in [0.2, 0.25) is 0 Å². The van der Waals surface area contributed by atoms with Crippen molar-refractivity contribution in [2.24, 2.45) is 5.73 Å². The maximum atomic E-state index is 13.5. The van der Waals surface area contributed by atoms with Crippen LogP contribution in [0.1, 0.15) is 5.56 Å². The van der Waals surface area contributed by atoms with Crippen molar-refractivity contribution in [2.45, 2.75) is 6.54 Å². The van der Waals surface area contributed by atoms with Crippen LogP contribution in [-0.2, 0) is 6.54 Å². The second-order valence-electron chi connectivity index (χ2n) is 3.48. The van der Waals surface area contributed by atoms with Crippen LogP contribution in [0.15, 0.2) is 24.3 Å². The summed E-state index contributed by atoms with van der Waals surface area (Å²) >= 11 is 0. The molecule has 0 unspecified atom stereocenters.